The van der Waals surface area contributed by atoms with Gasteiger partial charge in [0.15, 0.2) is 5.82 Å². The first-order valence-electron chi connectivity index (χ1n) is 5.77. The van der Waals surface area contributed by atoms with Crippen molar-refractivity contribution in [2.24, 2.45) is 7.05 Å². The number of aryl methyl sites for hydroxylation is 1. The molecule has 0 spiro atoms. The Morgan fingerprint density at radius 2 is 1.95 bits per heavy atom. The van der Waals surface area contributed by atoms with Crippen LogP contribution in [0.25, 0.3) is 0 Å². The molecule has 112 valence electrons. The number of carboxylic acid groups (broad SMARTS) is 1. The average Bonchev–Trinajstić information content (AvgIpc) is 2.80. The van der Waals surface area contributed by atoms with Crippen molar-refractivity contribution in [3.63, 3.8) is 0 Å². The van der Waals surface area contributed by atoms with Crippen LogP contribution in [0.4, 0.5) is 5.82 Å². The summed E-state index contributed by atoms with van der Waals surface area (Å²) < 4.78 is 32.8. The number of aromatic carboxylic acids is 1. The molecule has 0 aliphatic carbocycles. The van der Waals surface area contributed by atoms with Gasteiger partial charge in [-0.2, -0.15) is 5.10 Å². The monoisotopic (exact) mass is 311 g/mol. The fourth-order valence-electron chi connectivity index (χ4n) is 1.66. The number of anilines is 1. The number of aromatic nitrogens is 2. The number of sulfonamides is 1. The van der Waals surface area contributed by atoms with E-state index in [1.54, 1.807) is 0 Å². The van der Waals surface area contributed by atoms with Gasteiger partial charge in [0.05, 0.1) is 18.2 Å². The number of ether oxygens (including phenoxy) is 1. The van der Waals surface area contributed by atoms with Crippen molar-refractivity contribution in [3.8, 4) is 5.75 Å². The molecule has 0 aliphatic heterocycles. The lowest BCUT2D eigenvalue weighted by molar-refractivity contribution is 0.0698. The van der Waals surface area contributed by atoms with Crippen molar-refractivity contribution in [2.45, 2.75) is 4.90 Å². The van der Waals surface area contributed by atoms with E-state index < -0.39 is 16.0 Å². The number of carbonyl (C=O) groups is 1. The fraction of sp³-hybridized carbons (Fsp3) is 0.167. The number of benzene rings is 1. The van der Waals surface area contributed by atoms with Crippen LogP contribution in [0.5, 0.6) is 5.75 Å². The third-order valence-electron chi connectivity index (χ3n) is 2.77. The van der Waals surface area contributed by atoms with E-state index in [0.29, 0.717) is 5.75 Å². The maximum absolute atomic E-state index is 12.2. The van der Waals surface area contributed by atoms with Gasteiger partial charge >= 0.3 is 5.97 Å². The molecule has 1 aromatic carbocycles. The van der Waals surface area contributed by atoms with E-state index in [-0.39, 0.29) is 16.3 Å². The van der Waals surface area contributed by atoms with Crippen LogP contribution in [0.3, 0.4) is 0 Å². The van der Waals surface area contributed by atoms with Gasteiger partial charge in [0.25, 0.3) is 10.0 Å². The van der Waals surface area contributed by atoms with Crippen LogP contribution < -0.4 is 9.46 Å². The van der Waals surface area contributed by atoms with Gasteiger partial charge < -0.3 is 9.84 Å². The number of carboxylic acids is 1. The van der Waals surface area contributed by atoms with E-state index in [2.05, 4.69) is 9.82 Å². The van der Waals surface area contributed by atoms with Gasteiger partial charge in [-0.05, 0) is 24.3 Å². The van der Waals surface area contributed by atoms with E-state index in [1.165, 1.54) is 38.4 Å². The molecule has 2 rings (SSSR count). The molecular formula is C12H13N3O5S. The maximum atomic E-state index is 12.2. The van der Waals surface area contributed by atoms with E-state index in [0.717, 1.165) is 10.9 Å². The van der Waals surface area contributed by atoms with Crippen LogP contribution in [0.2, 0.25) is 0 Å². The molecule has 0 fully saturated rings. The molecule has 0 aliphatic rings. The third-order valence-corrected chi connectivity index (χ3v) is 4.12. The molecular weight excluding hydrogens is 298 g/mol. The SMILES string of the molecule is COc1ccc(S(=O)(=O)Nc2c(C(=O)O)cnn2C)cc1. The minimum absolute atomic E-state index is 0.0131. The van der Waals surface area contributed by atoms with Crippen molar-refractivity contribution >= 4 is 21.8 Å². The van der Waals surface area contributed by atoms with Gasteiger partial charge in [-0.15, -0.1) is 0 Å². The topological polar surface area (TPSA) is 111 Å². The number of rotatable bonds is 5. The van der Waals surface area contributed by atoms with Gasteiger partial charge in [0, 0.05) is 7.05 Å². The molecule has 0 saturated carbocycles. The van der Waals surface area contributed by atoms with E-state index >= 15 is 0 Å². The Balaban J connectivity index is 2.37. The lowest BCUT2D eigenvalue weighted by Crippen LogP contribution is -2.17. The minimum atomic E-state index is -3.92. The summed E-state index contributed by atoms with van der Waals surface area (Å²) in [4.78, 5) is 11.0. The summed E-state index contributed by atoms with van der Waals surface area (Å²) in [6.07, 6.45) is 1.08. The maximum Gasteiger partial charge on any atom is 0.341 e. The predicted octanol–water partition coefficient (Wildman–Crippen LogP) is 0.928. The van der Waals surface area contributed by atoms with E-state index in [9.17, 15) is 13.2 Å². The zero-order chi connectivity index (χ0) is 15.6. The second kappa shape index (κ2) is 5.44. The van der Waals surface area contributed by atoms with Crippen LogP contribution in [0.15, 0.2) is 35.4 Å². The Kier molecular flexibility index (Phi) is 3.85. The normalized spacial score (nSPS) is 11.1. The summed E-state index contributed by atoms with van der Waals surface area (Å²) in [6.45, 7) is 0. The molecule has 1 heterocycles. The van der Waals surface area contributed by atoms with Crippen LogP contribution in [-0.4, -0.2) is 36.4 Å². The predicted molar refractivity (Wildman–Crippen MR) is 74.0 cm³/mol. The second-order valence-electron chi connectivity index (χ2n) is 4.12. The van der Waals surface area contributed by atoms with Crippen LogP contribution >= 0.6 is 0 Å². The molecule has 9 heteroatoms. The second-order valence-corrected chi connectivity index (χ2v) is 5.80. The minimum Gasteiger partial charge on any atom is -0.497 e. The molecule has 8 nitrogen and oxygen atoms in total. The Hall–Kier alpha value is -2.55. The molecule has 0 radical (unpaired) electrons. The lowest BCUT2D eigenvalue weighted by atomic mass is 10.3. The lowest BCUT2D eigenvalue weighted by Gasteiger charge is -2.09. The largest absolute Gasteiger partial charge is 0.497 e. The highest BCUT2D eigenvalue weighted by Gasteiger charge is 2.21. The summed E-state index contributed by atoms with van der Waals surface area (Å²) in [5, 5.41) is 12.7. The van der Waals surface area contributed by atoms with Crippen LogP contribution in [-0.2, 0) is 17.1 Å². The highest BCUT2D eigenvalue weighted by atomic mass is 32.2. The quantitative estimate of drug-likeness (QED) is 0.849. The first-order chi connectivity index (χ1) is 9.85. The van der Waals surface area contributed by atoms with Crippen molar-refractivity contribution in [1.29, 1.82) is 0 Å². The van der Waals surface area contributed by atoms with Crippen molar-refractivity contribution in [1.82, 2.24) is 9.78 Å². The van der Waals surface area contributed by atoms with Crippen molar-refractivity contribution in [3.05, 3.63) is 36.0 Å². The number of nitrogens with zero attached hydrogens (tertiary/aromatic N) is 2. The van der Waals surface area contributed by atoms with Crippen molar-refractivity contribution in [2.75, 3.05) is 11.8 Å². The molecule has 0 amide bonds. The molecule has 0 bridgehead atoms. The van der Waals surface area contributed by atoms with Gasteiger partial charge in [-0.25, -0.2) is 13.2 Å². The highest BCUT2D eigenvalue weighted by molar-refractivity contribution is 7.92. The zero-order valence-electron chi connectivity index (χ0n) is 11.3. The van der Waals surface area contributed by atoms with Gasteiger partial charge in [-0.1, -0.05) is 0 Å². The number of nitrogens with one attached hydrogen (secondary N) is 1. The molecule has 2 N–H and O–H groups in total. The van der Waals surface area contributed by atoms with Gasteiger partial charge in [0.2, 0.25) is 0 Å². The summed E-state index contributed by atoms with van der Waals surface area (Å²) in [5.74, 6) is -0.866. The smallest absolute Gasteiger partial charge is 0.341 e. The first-order valence-corrected chi connectivity index (χ1v) is 7.25. The average molecular weight is 311 g/mol. The van der Waals surface area contributed by atoms with Gasteiger partial charge in [0.1, 0.15) is 11.3 Å². The Morgan fingerprint density at radius 3 is 2.48 bits per heavy atom. The highest BCUT2D eigenvalue weighted by Crippen LogP contribution is 2.21. The zero-order valence-corrected chi connectivity index (χ0v) is 12.1. The number of methoxy groups -OCH3 is 1. The molecule has 1 aromatic heterocycles. The third kappa shape index (κ3) is 2.97. The molecule has 0 unspecified atom stereocenters. The van der Waals surface area contributed by atoms with Gasteiger partial charge in [-0.3, -0.25) is 9.40 Å². The summed E-state index contributed by atoms with van der Waals surface area (Å²) in [7, 11) is -1.00. The Labute approximate surface area is 121 Å². The Bertz CT molecular complexity index is 765. The standard InChI is InChI=1S/C12H13N3O5S/c1-15-11(10(7-13-15)12(16)17)14-21(18,19)9-5-3-8(20-2)4-6-9/h3-7,14H,1-2H3,(H,16,17). The number of hydrogen-bond donors (Lipinski definition) is 2. The Morgan fingerprint density at radius 1 is 1.33 bits per heavy atom. The number of hydrogen-bond acceptors (Lipinski definition) is 5. The summed E-state index contributed by atoms with van der Waals surface area (Å²) >= 11 is 0. The van der Waals surface area contributed by atoms with E-state index in [1.807, 2.05) is 0 Å². The molecule has 0 atom stereocenters. The van der Waals surface area contributed by atoms with Crippen LogP contribution in [0.1, 0.15) is 10.4 Å². The first kappa shape index (κ1) is 14.9. The summed E-state index contributed by atoms with van der Waals surface area (Å²) in [6, 6.07) is 5.71. The van der Waals surface area contributed by atoms with E-state index in [4.69, 9.17) is 9.84 Å². The molecule has 21 heavy (non-hydrogen) atoms. The van der Waals surface area contributed by atoms with Crippen LogP contribution in [0, 0.1) is 0 Å². The summed E-state index contributed by atoms with van der Waals surface area (Å²) in [5.41, 5.74) is -0.227. The fourth-order valence-corrected chi connectivity index (χ4v) is 2.77. The van der Waals surface area contributed by atoms with Crippen molar-refractivity contribution < 1.29 is 23.1 Å². The molecule has 0 saturated heterocycles. The molecule has 2 aromatic rings.